The number of likely N-dealkylation sites (N-methyl/N-ethyl adjacent to an activating group) is 1. The Balaban J connectivity index is 0.000000201. The molecule has 5 rings (SSSR count). The van der Waals surface area contributed by atoms with Gasteiger partial charge in [0.05, 0.1) is 0 Å². The third-order valence-electron chi connectivity index (χ3n) is 8.05. The zero-order valence-corrected chi connectivity index (χ0v) is 22.8. The number of carbonyl (C=O) groups is 1. The molecule has 36 heavy (non-hydrogen) atoms. The van der Waals surface area contributed by atoms with Crippen molar-refractivity contribution >= 4 is 22.5 Å². The third kappa shape index (κ3) is 6.28. The van der Waals surface area contributed by atoms with Crippen LogP contribution in [0.15, 0.2) is 42.9 Å². The average molecular weight is 492 g/mol. The lowest BCUT2D eigenvalue weighted by Gasteiger charge is -2.36. The zero-order chi connectivity index (χ0) is 25.7. The first-order valence-corrected chi connectivity index (χ1v) is 13.6. The number of nitrogens with zero attached hydrogens (tertiary/aromatic N) is 4. The third-order valence-corrected chi connectivity index (χ3v) is 8.05. The van der Waals surface area contributed by atoms with Crippen LogP contribution in [0.1, 0.15) is 46.0 Å². The summed E-state index contributed by atoms with van der Waals surface area (Å²) in [5, 5.41) is 5.51. The number of anilines is 1. The zero-order valence-electron chi connectivity index (χ0n) is 22.8. The molecule has 1 aliphatic heterocycles. The van der Waals surface area contributed by atoms with E-state index in [9.17, 15) is 4.79 Å². The molecule has 1 aliphatic carbocycles. The van der Waals surface area contributed by atoms with Crippen molar-refractivity contribution < 1.29 is 6.22 Å². The van der Waals surface area contributed by atoms with Crippen LogP contribution >= 0.6 is 0 Å². The number of carbonyl (C=O) groups excluding carboxylic acids is 1. The second kappa shape index (κ2) is 11.9. The smallest absolute Gasteiger partial charge is 0.225 e. The number of pyridine rings is 1. The molecule has 6 heteroatoms. The summed E-state index contributed by atoms with van der Waals surface area (Å²) >= 11 is 0. The van der Waals surface area contributed by atoms with E-state index in [4.69, 9.17) is 0 Å². The summed E-state index contributed by atoms with van der Waals surface area (Å²) in [6.07, 6.45) is 12.2. The second-order valence-electron chi connectivity index (χ2n) is 10.7. The monoisotopic (exact) mass is 491 g/mol. The van der Waals surface area contributed by atoms with Crippen LogP contribution in [0, 0.1) is 18.8 Å². The van der Waals surface area contributed by atoms with E-state index in [0.717, 1.165) is 50.8 Å². The van der Waals surface area contributed by atoms with E-state index >= 15 is 0 Å². The molecule has 0 bridgehead atoms. The maximum Gasteiger partial charge on any atom is 0.225 e. The van der Waals surface area contributed by atoms with Gasteiger partial charge < -0.3 is 19.7 Å². The normalized spacial score (nSPS) is 20.6. The van der Waals surface area contributed by atoms with Gasteiger partial charge in [0.1, 0.15) is 5.82 Å². The highest BCUT2D eigenvalue weighted by Crippen LogP contribution is 2.32. The van der Waals surface area contributed by atoms with E-state index in [2.05, 4.69) is 82.2 Å². The number of rotatable bonds is 4. The number of aryl methyl sites for hydroxylation is 2. The van der Waals surface area contributed by atoms with Crippen molar-refractivity contribution in [2.45, 2.75) is 46.0 Å². The molecule has 1 amide bonds. The largest absolute Gasteiger partial charge is 0.373 e. The topological polar surface area (TPSA) is 53.4 Å². The predicted octanol–water partition coefficient (Wildman–Crippen LogP) is 5.81. The van der Waals surface area contributed by atoms with Gasteiger partial charge in [-0.3, -0.25) is 4.79 Å². The average Bonchev–Trinajstić information content (AvgIpc) is 3.35. The standard InChI is InChI=1S/C16H17N3.C14H26N2O.H2/c1-11-6-13(12-4-5-19(3)10-12)7-14-8-16(17-2)18-9-15(11)14;1-3-12-4-6-13(7-5-12)14(17)16-10-8-15(2)9-11-16;/h4-10H,1-3H3,(H,17,18);12-13H,3-11H2,1-2H3;1H. The Morgan fingerprint density at radius 1 is 1.06 bits per heavy atom. The number of aromatic nitrogens is 2. The van der Waals surface area contributed by atoms with Crippen LogP contribution < -0.4 is 5.32 Å². The fourth-order valence-corrected chi connectivity index (χ4v) is 5.52. The molecule has 0 unspecified atom stereocenters. The van der Waals surface area contributed by atoms with Crippen LogP contribution in [0.3, 0.4) is 0 Å². The number of piperazine rings is 1. The molecular weight excluding hydrogens is 446 g/mol. The Labute approximate surface area is 218 Å². The van der Waals surface area contributed by atoms with Crippen LogP contribution in [-0.4, -0.2) is 65.5 Å². The summed E-state index contributed by atoms with van der Waals surface area (Å²) in [6, 6.07) is 8.67. The molecule has 1 saturated carbocycles. The Hall–Kier alpha value is -2.86. The molecule has 196 valence electrons. The molecule has 1 N–H and O–H groups in total. The van der Waals surface area contributed by atoms with Crippen molar-refractivity contribution in [3.63, 3.8) is 0 Å². The summed E-state index contributed by atoms with van der Waals surface area (Å²) in [5.74, 6) is 2.55. The molecule has 6 nitrogen and oxygen atoms in total. The number of hydrogen-bond acceptors (Lipinski definition) is 4. The van der Waals surface area contributed by atoms with E-state index in [1.165, 1.54) is 46.7 Å². The van der Waals surface area contributed by atoms with E-state index in [1.54, 1.807) is 0 Å². The predicted molar refractivity (Wildman–Crippen MR) is 152 cm³/mol. The van der Waals surface area contributed by atoms with Crippen molar-refractivity contribution in [3.05, 3.63) is 48.4 Å². The Bertz CT molecular complexity index is 1160. The van der Waals surface area contributed by atoms with E-state index < -0.39 is 0 Å². The highest BCUT2D eigenvalue weighted by molar-refractivity contribution is 5.91. The first-order valence-electron chi connectivity index (χ1n) is 13.6. The van der Waals surface area contributed by atoms with Gasteiger partial charge in [-0.15, -0.1) is 0 Å². The first-order chi connectivity index (χ1) is 17.4. The molecule has 3 heterocycles. The maximum atomic E-state index is 12.4. The molecule has 0 atom stereocenters. The van der Waals surface area contributed by atoms with Gasteiger partial charge in [0, 0.05) is 71.6 Å². The maximum absolute atomic E-state index is 12.4. The summed E-state index contributed by atoms with van der Waals surface area (Å²) in [5.41, 5.74) is 3.75. The van der Waals surface area contributed by atoms with E-state index in [1.807, 2.05) is 20.3 Å². The Morgan fingerprint density at radius 3 is 2.39 bits per heavy atom. The summed E-state index contributed by atoms with van der Waals surface area (Å²) in [4.78, 5) is 21.1. The van der Waals surface area contributed by atoms with Crippen molar-refractivity contribution in [1.82, 2.24) is 19.4 Å². The fraction of sp³-hybridized carbons (Fsp3) is 0.533. The summed E-state index contributed by atoms with van der Waals surface area (Å²) in [7, 11) is 6.07. The minimum Gasteiger partial charge on any atom is -0.373 e. The van der Waals surface area contributed by atoms with Gasteiger partial charge in [0.25, 0.3) is 0 Å². The highest BCUT2D eigenvalue weighted by Gasteiger charge is 2.29. The first kappa shape index (κ1) is 26.2. The molecule has 2 aromatic heterocycles. The van der Waals surface area contributed by atoms with E-state index in [-0.39, 0.29) is 1.43 Å². The number of amides is 1. The molecule has 1 aromatic carbocycles. The van der Waals surface area contributed by atoms with Gasteiger partial charge in [-0.05, 0) is 85.8 Å². The van der Waals surface area contributed by atoms with Gasteiger partial charge in [0.15, 0.2) is 0 Å². The molecule has 0 spiro atoms. The quantitative estimate of drug-likeness (QED) is 0.500. The lowest BCUT2D eigenvalue weighted by molar-refractivity contribution is -0.138. The Morgan fingerprint density at radius 2 is 1.78 bits per heavy atom. The molecular formula is C30H45N5O. The van der Waals surface area contributed by atoms with Gasteiger partial charge in [-0.2, -0.15) is 0 Å². The van der Waals surface area contributed by atoms with Crippen LogP contribution in [-0.2, 0) is 11.8 Å². The van der Waals surface area contributed by atoms with Crippen LogP contribution in [0.25, 0.3) is 21.9 Å². The molecule has 2 fully saturated rings. The minimum atomic E-state index is 0. The minimum absolute atomic E-state index is 0. The van der Waals surface area contributed by atoms with Gasteiger partial charge in [0.2, 0.25) is 5.91 Å². The highest BCUT2D eigenvalue weighted by atomic mass is 16.2. The van der Waals surface area contributed by atoms with Crippen molar-refractivity contribution in [2.24, 2.45) is 18.9 Å². The number of nitrogens with one attached hydrogen (secondary N) is 1. The molecule has 3 aromatic rings. The van der Waals surface area contributed by atoms with Gasteiger partial charge >= 0.3 is 0 Å². The summed E-state index contributed by atoms with van der Waals surface area (Å²) in [6.45, 7) is 8.35. The van der Waals surface area contributed by atoms with Crippen LogP contribution in [0.4, 0.5) is 5.82 Å². The number of benzene rings is 1. The number of fused-ring (bicyclic) bond motifs is 1. The van der Waals surface area contributed by atoms with E-state index in [0.29, 0.717) is 11.8 Å². The van der Waals surface area contributed by atoms with Crippen molar-refractivity contribution in [1.29, 1.82) is 0 Å². The van der Waals surface area contributed by atoms with Crippen molar-refractivity contribution in [2.75, 3.05) is 45.6 Å². The van der Waals surface area contributed by atoms with Crippen molar-refractivity contribution in [3.8, 4) is 11.1 Å². The van der Waals surface area contributed by atoms with Gasteiger partial charge in [-0.1, -0.05) is 19.4 Å². The fourth-order valence-electron chi connectivity index (χ4n) is 5.52. The van der Waals surface area contributed by atoms with Gasteiger partial charge in [-0.25, -0.2) is 4.98 Å². The van der Waals surface area contributed by atoms with Crippen LogP contribution in [0.5, 0.6) is 0 Å². The second-order valence-corrected chi connectivity index (χ2v) is 10.7. The lowest BCUT2D eigenvalue weighted by Crippen LogP contribution is -2.49. The summed E-state index contributed by atoms with van der Waals surface area (Å²) < 4.78 is 2.07. The molecule has 0 radical (unpaired) electrons. The molecule has 2 aliphatic rings. The lowest BCUT2D eigenvalue weighted by atomic mass is 9.80. The Kier molecular flexibility index (Phi) is 8.68. The number of hydrogen-bond donors (Lipinski definition) is 1. The van der Waals surface area contributed by atoms with Crippen LogP contribution in [0.2, 0.25) is 0 Å². The SMILES string of the molecule is CCC1CCC(C(=O)N2CCN(C)CC2)CC1.CNc1cc2cc(-c3ccn(C)c3)cc(C)c2cn1.[HH]. The molecule has 1 saturated heterocycles.